The Kier molecular flexibility index (Phi) is 29.9. The maximum Gasteiger partial charge on any atom is 0.123 e. The van der Waals surface area contributed by atoms with Gasteiger partial charge in [-0.25, -0.2) is 0 Å². The zero-order chi connectivity index (χ0) is 22.9. The Morgan fingerprint density at radius 3 is 1.24 bits per heavy atom. The zero-order valence-corrected chi connectivity index (χ0v) is 21.1. The summed E-state index contributed by atoms with van der Waals surface area (Å²) in [6.45, 7) is 26.6. The third kappa shape index (κ3) is 19.8. The van der Waals surface area contributed by atoms with E-state index in [1.54, 1.807) is 0 Å². The summed E-state index contributed by atoms with van der Waals surface area (Å²) in [4.78, 5) is 0. The van der Waals surface area contributed by atoms with Crippen molar-refractivity contribution in [3.63, 3.8) is 0 Å². The molecule has 1 heteroatoms. The molecule has 1 nitrogen and oxygen atoms in total. The Labute approximate surface area is 184 Å². The second kappa shape index (κ2) is 26.8. The summed E-state index contributed by atoms with van der Waals surface area (Å²) in [5, 5.41) is 0. The Balaban J connectivity index is -0.000000421. The lowest BCUT2D eigenvalue weighted by molar-refractivity contribution is 0.499. The van der Waals surface area contributed by atoms with Crippen molar-refractivity contribution in [3.8, 4) is 0 Å². The fourth-order valence-corrected chi connectivity index (χ4v) is 3.10. The molecule has 0 bridgehead atoms. The fourth-order valence-electron chi connectivity index (χ4n) is 3.10. The van der Waals surface area contributed by atoms with Crippen LogP contribution in [0, 0.1) is 6.92 Å². The smallest absolute Gasteiger partial charge is 0.123 e. The molecule has 1 heterocycles. The Morgan fingerprint density at radius 2 is 0.931 bits per heavy atom. The van der Waals surface area contributed by atoms with Crippen molar-refractivity contribution in [3.05, 3.63) is 35.1 Å². The summed E-state index contributed by atoms with van der Waals surface area (Å²) in [5.41, 5.74) is 4.06. The highest BCUT2D eigenvalue weighted by molar-refractivity contribution is 5.25. The lowest BCUT2D eigenvalue weighted by Crippen LogP contribution is -2.02. The molecular formula is C28H54O. The second-order valence-electron chi connectivity index (χ2n) is 7.34. The molecule has 172 valence electrons. The first kappa shape index (κ1) is 32.4. The molecule has 0 aliphatic heterocycles. The van der Waals surface area contributed by atoms with E-state index in [2.05, 4.69) is 54.0 Å². The molecule has 0 amide bonds. The lowest BCUT2D eigenvalue weighted by Gasteiger charge is -1.99. The van der Waals surface area contributed by atoms with Crippen LogP contribution in [0.4, 0.5) is 0 Å². The van der Waals surface area contributed by atoms with Crippen molar-refractivity contribution in [2.45, 2.75) is 131 Å². The van der Waals surface area contributed by atoms with E-state index in [9.17, 15) is 0 Å². The van der Waals surface area contributed by atoms with Gasteiger partial charge >= 0.3 is 0 Å². The summed E-state index contributed by atoms with van der Waals surface area (Å²) < 4.78 is 5.40. The lowest BCUT2D eigenvalue weighted by atomic mass is 10.0. The van der Waals surface area contributed by atoms with Gasteiger partial charge in [0.1, 0.15) is 10.8 Å². The number of rotatable bonds is 13. The molecule has 1 aromatic rings. The Bertz CT molecular complexity index is 503. The van der Waals surface area contributed by atoms with Gasteiger partial charge in [-0.15, -0.1) is 13.2 Å². The van der Waals surface area contributed by atoms with Crippen molar-refractivity contribution >= 4 is 13.2 Å². The van der Waals surface area contributed by atoms with Crippen LogP contribution in [0.15, 0.2) is 17.6 Å². The molecule has 0 unspecified atom stereocenters. The van der Waals surface area contributed by atoms with Gasteiger partial charge < -0.3 is 4.42 Å². The summed E-state index contributed by atoms with van der Waals surface area (Å²) >= 11 is 0. The SMILES string of the molecule is C=C.C=c1oc(=C)c(CCCCCCC)c1C.CC.CCCCCCCCCC. The van der Waals surface area contributed by atoms with E-state index in [4.69, 9.17) is 4.42 Å². The number of hydrogen-bond donors (Lipinski definition) is 0. The highest BCUT2D eigenvalue weighted by Crippen LogP contribution is 2.08. The highest BCUT2D eigenvalue weighted by atomic mass is 16.3. The largest absolute Gasteiger partial charge is 0.458 e. The van der Waals surface area contributed by atoms with E-state index in [1.807, 2.05) is 13.8 Å². The predicted molar refractivity (Wildman–Crippen MR) is 137 cm³/mol. The van der Waals surface area contributed by atoms with E-state index in [0.29, 0.717) is 0 Å². The molecule has 29 heavy (non-hydrogen) atoms. The molecule has 0 fully saturated rings. The fraction of sp³-hybridized carbons (Fsp3) is 0.714. The third-order valence-electron chi connectivity index (χ3n) is 4.94. The monoisotopic (exact) mass is 406 g/mol. The molecule has 0 N–H and O–H groups in total. The van der Waals surface area contributed by atoms with Crippen LogP contribution < -0.4 is 10.8 Å². The van der Waals surface area contributed by atoms with Crippen LogP contribution in [-0.4, -0.2) is 0 Å². The van der Waals surface area contributed by atoms with Crippen molar-refractivity contribution in [1.29, 1.82) is 0 Å². The number of unbranched alkanes of at least 4 members (excludes halogenated alkanes) is 11. The maximum absolute atomic E-state index is 5.40. The van der Waals surface area contributed by atoms with Gasteiger partial charge in [0, 0.05) is 5.56 Å². The molecule has 0 radical (unpaired) electrons. The van der Waals surface area contributed by atoms with Crippen LogP contribution >= 0.6 is 0 Å². The normalized spacial score (nSPS) is 9.45. The molecule has 0 spiro atoms. The molecule has 0 aromatic carbocycles. The van der Waals surface area contributed by atoms with Crippen molar-refractivity contribution in [2.24, 2.45) is 0 Å². The van der Waals surface area contributed by atoms with Crippen molar-refractivity contribution in [2.75, 3.05) is 0 Å². The Hall–Kier alpha value is -1.24. The van der Waals surface area contributed by atoms with E-state index in [-0.39, 0.29) is 0 Å². The summed E-state index contributed by atoms with van der Waals surface area (Å²) in [6, 6.07) is 0. The first-order chi connectivity index (χ1) is 14.1. The van der Waals surface area contributed by atoms with E-state index < -0.39 is 0 Å². The van der Waals surface area contributed by atoms with Crippen LogP contribution in [0.5, 0.6) is 0 Å². The van der Waals surface area contributed by atoms with Crippen molar-refractivity contribution in [1.82, 2.24) is 0 Å². The average molecular weight is 407 g/mol. The van der Waals surface area contributed by atoms with Crippen LogP contribution in [0.2, 0.25) is 0 Å². The summed E-state index contributed by atoms with van der Waals surface area (Å²) in [7, 11) is 0. The molecular weight excluding hydrogens is 352 g/mol. The second-order valence-corrected chi connectivity index (χ2v) is 7.34. The average Bonchev–Trinajstić information content (AvgIpc) is 2.99. The van der Waals surface area contributed by atoms with Gasteiger partial charge in [0.25, 0.3) is 0 Å². The molecule has 0 atom stereocenters. The first-order valence-corrected chi connectivity index (χ1v) is 12.3. The van der Waals surface area contributed by atoms with E-state index in [0.717, 1.165) is 17.3 Å². The molecule has 0 saturated heterocycles. The molecule has 0 aliphatic rings. The topological polar surface area (TPSA) is 13.1 Å². The Morgan fingerprint density at radius 1 is 0.586 bits per heavy atom. The summed E-state index contributed by atoms with van der Waals surface area (Å²) in [6.07, 6.45) is 19.1. The van der Waals surface area contributed by atoms with Gasteiger partial charge in [0.2, 0.25) is 0 Å². The highest BCUT2D eigenvalue weighted by Gasteiger charge is 2.04. The van der Waals surface area contributed by atoms with Gasteiger partial charge in [0.05, 0.1) is 0 Å². The quantitative estimate of drug-likeness (QED) is 0.235. The first-order valence-electron chi connectivity index (χ1n) is 12.3. The van der Waals surface area contributed by atoms with E-state index >= 15 is 0 Å². The predicted octanol–water partition coefficient (Wildman–Crippen LogP) is 8.90. The molecule has 1 aromatic heterocycles. The van der Waals surface area contributed by atoms with Crippen LogP contribution in [0.3, 0.4) is 0 Å². The minimum atomic E-state index is 0.781. The third-order valence-corrected chi connectivity index (χ3v) is 4.94. The molecule has 1 rings (SSSR count). The number of hydrogen-bond acceptors (Lipinski definition) is 1. The van der Waals surface area contributed by atoms with Crippen LogP contribution in [0.1, 0.15) is 129 Å². The van der Waals surface area contributed by atoms with E-state index in [1.165, 1.54) is 94.6 Å². The van der Waals surface area contributed by atoms with Crippen LogP contribution in [0.25, 0.3) is 13.2 Å². The minimum absolute atomic E-state index is 0.781. The minimum Gasteiger partial charge on any atom is -0.458 e. The number of furan rings is 1. The molecule has 0 aliphatic carbocycles. The van der Waals surface area contributed by atoms with Crippen LogP contribution in [-0.2, 0) is 6.42 Å². The standard InChI is InChI=1S/C14H22O.C10H22.C2H6.C2H4/c1-5-6-7-8-9-10-14-11(2)12(3)15-13(14)4;1-3-5-7-9-10-8-6-4-2;2*1-2/h3-10H2,1-2H3;3-10H2,1-2H3;1-2H3;1-2H2. The van der Waals surface area contributed by atoms with Gasteiger partial charge in [-0.1, -0.05) is 125 Å². The van der Waals surface area contributed by atoms with Gasteiger partial charge in [-0.2, -0.15) is 0 Å². The van der Waals surface area contributed by atoms with Gasteiger partial charge in [0.15, 0.2) is 0 Å². The van der Waals surface area contributed by atoms with Gasteiger partial charge in [-0.05, 0) is 25.3 Å². The molecule has 0 saturated carbocycles. The van der Waals surface area contributed by atoms with Gasteiger partial charge in [-0.3, -0.25) is 0 Å². The maximum atomic E-state index is 5.40. The summed E-state index contributed by atoms with van der Waals surface area (Å²) in [5.74, 6) is 0. The zero-order valence-electron chi connectivity index (χ0n) is 21.1. The van der Waals surface area contributed by atoms with Crippen molar-refractivity contribution < 1.29 is 4.42 Å².